The van der Waals surface area contributed by atoms with E-state index < -0.39 is 33.0 Å². The fourth-order valence-electron chi connectivity index (χ4n) is 5.23. The van der Waals surface area contributed by atoms with Gasteiger partial charge in [-0.15, -0.1) is 0 Å². The molecule has 0 radical (unpaired) electrons. The number of allylic oxidation sites excluding steroid dienone is 10. The molecular weight excluding hydrogens is 574 g/mol. The van der Waals surface area contributed by atoms with Crippen LogP contribution in [0.1, 0.15) is 33.6 Å². The second kappa shape index (κ2) is 7.53. The molecule has 0 nitrogen and oxygen atoms in total. The molecule has 3 aliphatic rings. The van der Waals surface area contributed by atoms with Crippen LogP contribution in [0, 0.1) is 11.3 Å². The summed E-state index contributed by atoms with van der Waals surface area (Å²) in [6, 6.07) is 0. The van der Waals surface area contributed by atoms with Crippen molar-refractivity contribution < 1.29 is 19.1 Å². The molecular formula is C21H27Cl2GeHf. The van der Waals surface area contributed by atoms with E-state index in [9.17, 15) is 0 Å². The van der Waals surface area contributed by atoms with E-state index in [1.54, 1.807) is 9.92 Å². The molecule has 0 N–H and O–H groups in total. The van der Waals surface area contributed by atoms with Gasteiger partial charge in [0.05, 0.1) is 0 Å². The predicted octanol–water partition coefficient (Wildman–Crippen LogP) is 6.95. The van der Waals surface area contributed by atoms with E-state index in [0.29, 0.717) is 5.92 Å². The Hall–Kier alpha value is 0.563. The fourth-order valence-corrected chi connectivity index (χ4v) is 23.8. The standard InChI is InChI=1S/C21H27Ge.2ClH.Hf/c1-6-21(3)19(16-12-8-9-13-16)17-14-10-7-11-15(2)18(17)20(21)22(4)5;;;/h7-12,14-15H,6,13H2,1-5H3;2*1H;/q;;;+2/p-2. The van der Waals surface area contributed by atoms with Gasteiger partial charge in [-0.1, -0.05) is 0 Å². The number of rotatable bonds is 3. The SMILES string of the molecule is CCC1(C)[C](=[Ge]([CH3])[CH3])C2=C(C=CC=CC2C)[C]1(C1=CC=CC1)[Hf]([Cl])[Cl]. The molecule has 0 aliphatic heterocycles. The molecule has 0 saturated carbocycles. The van der Waals surface area contributed by atoms with E-state index in [1.165, 1.54) is 11.1 Å². The molecule has 4 heteroatoms. The van der Waals surface area contributed by atoms with E-state index in [0.717, 1.165) is 12.8 Å². The normalized spacial score (nSPS) is 33.6. The van der Waals surface area contributed by atoms with Crippen LogP contribution in [-0.4, -0.2) is 18.3 Å². The van der Waals surface area contributed by atoms with E-state index in [4.69, 9.17) is 17.2 Å². The Morgan fingerprint density at radius 3 is 2.48 bits per heavy atom. The summed E-state index contributed by atoms with van der Waals surface area (Å²) in [5.74, 6) is 5.46. The van der Waals surface area contributed by atoms with Crippen molar-refractivity contribution in [3.8, 4) is 0 Å². The first-order valence-electron chi connectivity index (χ1n) is 9.14. The van der Waals surface area contributed by atoms with Gasteiger partial charge in [-0.3, -0.25) is 0 Å². The first-order chi connectivity index (χ1) is 11.8. The van der Waals surface area contributed by atoms with Crippen molar-refractivity contribution in [2.75, 3.05) is 0 Å². The topological polar surface area (TPSA) is 0 Å². The summed E-state index contributed by atoms with van der Waals surface area (Å²) in [5.41, 5.74) is 4.62. The Morgan fingerprint density at radius 2 is 1.96 bits per heavy atom. The van der Waals surface area contributed by atoms with Gasteiger partial charge in [-0.25, -0.2) is 0 Å². The summed E-state index contributed by atoms with van der Waals surface area (Å²) in [4.78, 5) is 0. The summed E-state index contributed by atoms with van der Waals surface area (Å²) in [6.45, 7) is 7.18. The maximum atomic E-state index is 7.10. The van der Waals surface area contributed by atoms with E-state index in [2.05, 4.69) is 74.8 Å². The molecule has 25 heavy (non-hydrogen) atoms. The van der Waals surface area contributed by atoms with Crippen LogP contribution in [0.2, 0.25) is 14.7 Å². The van der Waals surface area contributed by atoms with E-state index in [1.807, 2.05) is 0 Å². The molecule has 3 unspecified atom stereocenters. The molecule has 0 fully saturated rings. The monoisotopic (exact) mass is 603 g/mol. The second-order valence-corrected chi connectivity index (χ2v) is 25.3. The molecule has 0 aromatic rings. The minimum absolute atomic E-state index is 0.0870. The summed E-state index contributed by atoms with van der Waals surface area (Å²) in [7, 11) is 14.2. The van der Waals surface area contributed by atoms with Crippen LogP contribution in [0.25, 0.3) is 0 Å². The van der Waals surface area contributed by atoms with E-state index in [-0.39, 0.29) is 8.59 Å². The third kappa shape index (κ3) is 2.82. The van der Waals surface area contributed by atoms with Gasteiger partial charge in [0.2, 0.25) is 0 Å². The zero-order valence-electron chi connectivity index (χ0n) is 15.8. The third-order valence-corrected chi connectivity index (χ3v) is 20.9. The molecule has 0 spiro atoms. The Morgan fingerprint density at radius 1 is 1.24 bits per heavy atom. The van der Waals surface area contributed by atoms with Crippen molar-refractivity contribution in [1.29, 1.82) is 0 Å². The number of hydrogen-bond acceptors (Lipinski definition) is 0. The van der Waals surface area contributed by atoms with Crippen molar-refractivity contribution in [3.63, 3.8) is 0 Å². The van der Waals surface area contributed by atoms with Gasteiger partial charge in [0.1, 0.15) is 0 Å². The molecule has 0 bridgehead atoms. The average molecular weight is 601 g/mol. The molecule has 3 aliphatic carbocycles. The molecule has 0 amide bonds. The maximum absolute atomic E-state index is 7.10. The molecule has 133 valence electrons. The zero-order chi connectivity index (χ0) is 18.4. The molecule has 0 heterocycles. The molecule has 0 aromatic carbocycles. The van der Waals surface area contributed by atoms with Crippen LogP contribution >= 0.6 is 17.2 Å². The Bertz CT molecular complexity index is 765. The Balaban J connectivity index is 2.44. The zero-order valence-corrected chi connectivity index (χ0v) is 23.0. The van der Waals surface area contributed by atoms with Crippen LogP contribution in [-0.2, 0) is 19.1 Å². The van der Waals surface area contributed by atoms with Crippen molar-refractivity contribution in [3.05, 3.63) is 59.3 Å². The van der Waals surface area contributed by atoms with Crippen LogP contribution < -0.4 is 0 Å². The number of halogens is 2. The second-order valence-electron chi connectivity index (χ2n) is 7.76. The molecule has 0 saturated heterocycles. The van der Waals surface area contributed by atoms with Gasteiger partial charge in [-0.05, 0) is 0 Å². The van der Waals surface area contributed by atoms with Gasteiger partial charge in [0, 0.05) is 0 Å². The van der Waals surface area contributed by atoms with E-state index >= 15 is 0 Å². The molecule has 3 atom stereocenters. The van der Waals surface area contributed by atoms with Crippen molar-refractivity contribution in [2.45, 2.75) is 48.3 Å². The first-order valence-corrected chi connectivity index (χ1v) is 25.1. The fraction of sp³-hybridized carbons (Fsp3) is 0.476. The summed E-state index contributed by atoms with van der Waals surface area (Å²) < 4.78 is 1.65. The van der Waals surface area contributed by atoms with Crippen molar-refractivity contribution >= 4 is 35.4 Å². The van der Waals surface area contributed by atoms with Crippen molar-refractivity contribution in [2.24, 2.45) is 11.3 Å². The predicted molar refractivity (Wildman–Crippen MR) is 112 cm³/mol. The average Bonchev–Trinajstić information content (AvgIpc) is 3.10. The Kier molecular flexibility index (Phi) is 6.11. The van der Waals surface area contributed by atoms with Crippen LogP contribution in [0.3, 0.4) is 0 Å². The quantitative estimate of drug-likeness (QED) is 0.307. The van der Waals surface area contributed by atoms with Crippen LogP contribution in [0.15, 0.2) is 59.3 Å². The summed E-state index contributed by atoms with van der Waals surface area (Å²) in [6.07, 6.45) is 18.0. The van der Waals surface area contributed by atoms with Crippen LogP contribution in [0.4, 0.5) is 0 Å². The van der Waals surface area contributed by atoms with Crippen LogP contribution in [0.5, 0.6) is 0 Å². The van der Waals surface area contributed by atoms with Gasteiger partial charge >= 0.3 is 173 Å². The Labute approximate surface area is 172 Å². The molecule has 3 rings (SSSR count). The minimum atomic E-state index is -2.93. The number of hydrogen-bond donors (Lipinski definition) is 0. The summed E-state index contributed by atoms with van der Waals surface area (Å²) in [5, 5.41) is 0. The van der Waals surface area contributed by atoms with Gasteiger partial charge in [0.25, 0.3) is 0 Å². The van der Waals surface area contributed by atoms with Crippen molar-refractivity contribution in [1.82, 2.24) is 0 Å². The van der Waals surface area contributed by atoms with Gasteiger partial charge in [-0.2, -0.15) is 0 Å². The third-order valence-electron chi connectivity index (χ3n) is 6.32. The molecule has 0 aromatic heterocycles. The first kappa shape index (κ1) is 20.3. The van der Waals surface area contributed by atoms with Gasteiger partial charge < -0.3 is 0 Å². The van der Waals surface area contributed by atoms with Gasteiger partial charge in [0.15, 0.2) is 0 Å². The summed E-state index contributed by atoms with van der Waals surface area (Å²) >= 11 is -4.26.